The average Bonchev–Trinajstić information content (AvgIpc) is 2.66. The predicted octanol–water partition coefficient (Wildman–Crippen LogP) is 1.06. The molecule has 1 atom stereocenters. The highest BCUT2D eigenvalue weighted by Crippen LogP contribution is 2.35. The van der Waals surface area contributed by atoms with Crippen LogP contribution in [-0.2, 0) is 0 Å². The lowest BCUT2D eigenvalue weighted by atomic mass is 9.98. The molecule has 1 aromatic carbocycles. The molecule has 2 aliphatic rings. The minimum atomic E-state index is -0.774. The number of nitrogens with one attached hydrogen (secondary N) is 1. The molecule has 1 saturated heterocycles. The Hall–Kier alpha value is -1.96. The van der Waals surface area contributed by atoms with E-state index in [1.54, 1.807) is 0 Å². The number of fused-ring (bicyclic) bond motifs is 1. The Morgan fingerprint density at radius 2 is 1.83 bits per heavy atom. The summed E-state index contributed by atoms with van der Waals surface area (Å²) in [5.41, 5.74) is 0.368. The molecule has 23 heavy (non-hydrogen) atoms. The van der Waals surface area contributed by atoms with Gasteiger partial charge in [-0.3, -0.25) is 15.0 Å². The molecule has 3 rings (SSSR count). The van der Waals surface area contributed by atoms with Crippen LogP contribution < -0.4 is 9.80 Å². The number of hydroxylamine groups is 2. The Bertz CT molecular complexity index is 669. The first-order chi connectivity index (χ1) is 10.7. The van der Waals surface area contributed by atoms with Crippen molar-refractivity contribution in [1.82, 2.24) is 5.06 Å². The fraction of sp³-hybridized carbons (Fsp3) is 0.500. The molecule has 1 fully saturated rings. The van der Waals surface area contributed by atoms with Gasteiger partial charge in [0.15, 0.2) is 12.3 Å². The van der Waals surface area contributed by atoms with Crippen LogP contribution in [0.3, 0.4) is 0 Å². The Labute approximate surface area is 135 Å². The van der Waals surface area contributed by atoms with Crippen molar-refractivity contribution in [3.8, 4) is 0 Å². The van der Waals surface area contributed by atoms with Gasteiger partial charge >= 0.3 is 5.70 Å². The summed E-state index contributed by atoms with van der Waals surface area (Å²) >= 11 is 0. The van der Waals surface area contributed by atoms with E-state index >= 15 is 0 Å². The predicted molar refractivity (Wildman–Crippen MR) is 85.4 cm³/mol. The quantitative estimate of drug-likeness (QED) is 0.630. The number of quaternary nitrogens is 1. The highest BCUT2D eigenvalue weighted by atomic mass is 16.6. The first-order valence-electron chi connectivity index (χ1n) is 7.71. The molecule has 0 radical (unpaired) electrons. The molecule has 1 unspecified atom stereocenters. The van der Waals surface area contributed by atoms with Crippen LogP contribution in [0.15, 0.2) is 41.7 Å². The van der Waals surface area contributed by atoms with Gasteiger partial charge in [0, 0.05) is 19.5 Å². The molecule has 1 aromatic rings. The molecule has 2 N–H and O–H groups in total. The molecule has 0 amide bonds. The molecular formula is C16H23N4O3+. The van der Waals surface area contributed by atoms with Gasteiger partial charge in [-0.25, -0.2) is 0 Å². The van der Waals surface area contributed by atoms with E-state index in [1.807, 2.05) is 62.9 Å². The maximum Gasteiger partial charge on any atom is 0.323 e. The molecule has 0 aromatic heterocycles. The Morgan fingerprint density at radius 1 is 1.22 bits per heavy atom. The molecule has 0 aliphatic carbocycles. The normalized spacial score (nSPS) is 26.3. The number of para-hydroxylation sites is 1. The topological polar surface area (TPSA) is 74.3 Å². The van der Waals surface area contributed by atoms with E-state index in [4.69, 9.17) is 0 Å². The zero-order valence-corrected chi connectivity index (χ0v) is 13.9. The maximum absolute atomic E-state index is 11.7. The zero-order valence-electron chi connectivity index (χ0n) is 13.9. The van der Waals surface area contributed by atoms with E-state index in [0.29, 0.717) is 12.4 Å². The summed E-state index contributed by atoms with van der Waals surface area (Å²) in [6, 6.07) is 9.68. The van der Waals surface area contributed by atoms with Crippen LogP contribution in [0.4, 0.5) is 5.69 Å². The minimum Gasteiger partial charge on any atom is -0.314 e. The van der Waals surface area contributed by atoms with E-state index in [-0.39, 0.29) is 17.2 Å². The lowest BCUT2D eigenvalue weighted by Crippen LogP contribution is -3.19. The van der Waals surface area contributed by atoms with Crippen molar-refractivity contribution in [1.29, 1.82) is 0 Å². The van der Waals surface area contributed by atoms with Crippen molar-refractivity contribution < 1.29 is 15.0 Å². The van der Waals surface area contributed by atoms with Gasteiger partial charge in [-0.1, -0.05) is 18.2 Å². The fourth-order valence-corrected chi connectivity index (χ4v) is 3.88. The molecule has 7 heteroatoms. The Balaban J connectivity index is 2.13. The largest absolute Gasteiger partial charge is 0.323 e. The van der Waals surface area contributed by atoms with Gasteiger partial charge in [-0.2, -0.15) is 0 Å². The molecule has 2 aliphatic heterocycles. The molecule has 0 spiro atoms. The van der Waals surface area contributed by atoms with Gasteiger partial charge < -0.3 is 10.1 Å². The van der Waals surface area contributed by atoms with Crippen LogP contribution in [0.25, 0.3) is 0 Å². The smallest absolute Gasteiger partial charge is 0.314 e. The summed E-state index contributed by atoms with van der Waals surface area (Å²) < 4.78 is 0. The van der Waals surface area contributed by atoms with Crippen molar-refractivity contribution >= 4 is 5.69 Å². The number of benzene rings is 1. The number of anilines is 1. The monoisotopic (exact) mass is 319 g/mol. The highest BCUT2D eigenvalue weighted by molar-refractivity contribution is 5.47. The first kappa shape index (κ1) is 15.9. The SMILES string of the molecule is CC1(C)C2=C([N+](=O)[O-])CN(c3ccccc3)C[NH+]2C(C)(C)N1O. The standard InChI is InChI=1S/C16H22N4O3/c1-15(2)14-13(19(21)22)10-17(12-8-6-5-7-9-12)11-18(14)16(3,4)20(15)23/h5-9,23H,10-11H2,1-4H3/p+1. The van der Waals surface area contributed by atoms with Crippen molar-refractivity contribution in [2.45, 2.75) is 38.9 Å². The number of nitro groups is 1. The second kappa shape index (κ2) is 5.02. The summed E-state index contributed by atoms with van der Waals surface area (Å²) in [7, 11) is 0. The summed E-state index contributed by atoms with van der Waals surface area (Å²) in [6.07, 6.45) is 0. The molecular weight excluding hydrogens is 296 g/mol. The van der Waals surface area contributed by atoms with Gasteiger partial charge in [0.2, 0.25) is 5.70 Å². The van der Waals surface area contributed by atoms with Crippen LogP contribution in [0.2, 0.25) is 0 Å². The molecule has 0 saturated carbocycles. The van der Waals surface area contributed by atoms with E-state index in [9.17, 15) is 15.3 Å². The van der Waals surface area contributed by atoms with Crippen molar-refractivity contribution in [3.05, 3.63) is 51.8 Å². The van der Waals surface area contributed by atoms with E-state index in [2.05, 4.69) is 0 Å². The lowest BCUT2D eigenvalue weighted by molar-refractivity contribution is -0.919. The van der Waals surface area contributed by atoms with Crippen molar-refractivity contribution in [3.63, 3.8) is 0 Å². The molecule has 0 bridgehead atoms. The average molecular weight is 319 g/mol. The summed E-state index contributed by atoms with van der Waals surface area (Å²) in [6.45, 7) is 8.29. The van der Waals surface area contributed by atoms with E-state index in [0.717, 1.165) is 10.6 Å². The molecule has 2 heterocycles. The van der Waals surface area contributed by atoms with Crippen LogP contribution in [-0.4, -0.2) is 39.6 Å². The lowest BCUT2D eigenvalue weighted by Gasteiger charge is -2.37. The van der Waals surface area contributed by atoms with Crippen molar-refractivity contribution in [2.24, 2.45) is 0 Å². The van der Waals surface area contributed by atoms with Gasteiger partial charge in [-0.15, -0.1) is 5.06 Å². The van der Waals surface area contributed by atoms with Crippen LogP contribution in [0.1, 0.15) is 27.7 Å². The maximum atomic E-state index is 11.7. The van der Waals surface area contributed by atoms with Crippen LogP contribution in [0, 0.1) is 10.1 Å². The molecule has 7 nitrogen and oxygen atoms in total. The third-order valence-electron chi connectivity index (χ3n) is 5.03. The van der Waals surface area contributed by atoms with E-state index < -0.39 is 11.2 Å². The summed E-state index contributed by atoms with van der Waals surface area (Å²) in [5, 5.41) is 23.5. The Kier molecular flexibility index (Phi) is 3.47. The first-order valence-corrected chi connectivity index (χ1v) is 7.71. The second-order valence-corrected chi connectivity index (χ2v) is 7.18. The van der Waals surface area contributed by atoms with Gasteiger partial charge in [0.05, 0.1) is 4.92 Å². The van der Waals surface area contributed by atoms with Gasteiger partial charge in [-0.05, 0) is 26.0 Å². The molecule has 124 valence electrons. The highest BCUT2D eigenvalue weighted by Gasteiger charge is 2.63. The number of hydrogen-bond acceptors (Lipinski definition) is 5. The zero-order chi connectivity index (χ0) is 17.0. The van der Waals surface area contributed by atoms with Gasteiger partial charge in [0.1, 0.15) is 12.1 Å². The second-order valence-electron chi connectivity index (χ2n) is 7.18. The van der Waals surface area contributed by atoms with E-state index in [1.165, 1.54) is 5.06 Å². The number of hydrogen-bond donors (Lipinski definition) is 2. The minimum absolute atomic E-state index is 0.171. The summed E-state index contributed by atoms with van der Waals surface area (Å²) in [4.78, 5) is 14.3. The summed E-state index contributed by atoms with van der Waals surface area (Å²) in [5.74, 6) is 0. The van der Waals surface area contributed by atoms with Crippen molar-refractivity contribution in [2.75, 3.05) is 18.1 Å². The third-order valence-corrected chi connectivity index (χ3v) is 5.03. The Morgan fingerprint density at radius 3 is 2.39 bits per heavy atom. The number of rotatable bonds is 2. The fourth-order valence-electron chi connectivity index (χ4n) is 3.88. The number of nitrogens with zero attached hydrogens (tertiary/aromatic N) is 3. The van der Waals surface area contributed by atoms with Crippen LogP contribution >= 0.6 is 0 Å². The third kappa shape index (κ3) is 2.23. The van der Waals surface area contributed by atoms with Gasteiger partial charge in [0.25, 0.3) is 0 Å². The van der Waals surface area contributed by atoms with Crippen LogP contribution in [0.5, 0.6) is 0 Å².